The summed E-state index contributed by atoms with van der Waals surface area (Å²) in [5.74, 6) is -0.0218. The predicted molar refractivity (Wildman–Crippen MR) is 74.3 cm³/mol. The minimum Gasteiger partial charge on any atom is -0.480 e. The summed E-state index contributed by atoms with van der Waals surface area (Å²) in [5, 5.41) is 15.4. The van der Waals surface area contributed by atoms with Crippen molar-refractivity contribution >= 4 is 29.1 Å². The second-order valence-corrected chi connectivity index (χ2v) is 4.93. The summed E-state index contributed by atoms with van der Waals surface area (Å²) in [4.78, 5) is 34.9. The molecule has 1 aromatic heterocycles. The van der Waals surface area contributed by atoms with E-state index in [9.17, 15) is 14.4 Å². The molecule has 20 heavy (non-hydrogen) atoms. The number of thiophene rings is 1. The van der Waals surface area contributed by atoms with E-state index < -0.39 is 24.0 Å². The first-order chi connectivity index (χ1) is 9.45. The first-order valence-corrected chi connectivity index (χ1v) is 6.64. The van der Waals surface area contributed by atoms with Crippen LogP contribution in [0.1, 0.15) is 23.0 Å². The molecule has 0 bridgehead atoms. The van der Waals surface area contributed by atoms with Gasteiger partial charge >= 0.3 is 5.97 Å². The highest BCUT2D eigenvalue weighted by atomic mass is 32.1. The first kappa shape index (κ1) is 15.7. The van der Waals surface area contributed by atoms with Crippen LogP contribution in [0.4, 0.5) is 0 Å². The van der Waals surface area contributed by atoms with Crippen molar-refractivity contribution in [3.05, 3.63) is 22.4 Å². The van der Waals surface area contributed by atoms with Gasteiger partial charge in [-0.05, 0) is 18.4 Å². The second kappa shape index (κ2) is 7.31. The third kappa shape index (κ3) is 4.40. The summed E-state index contributed by atoms with van der Waals surface area (Å²) < 4.78 is 0. The molecule has 6 nitrogen and oxygen atoms in total. The fourth-order valence-electron chi connectivity index (χ4n) is 1.36. The molecule has 2 atom stereocenters. The van der Waals surface area contributed by atoms with Gasteiger partial charge in [0.2, 0.25) is 5.91 Å². The van der Waals surface area contributed by atoms with Gasteiger partial charge in [-0.3, -0.25) is 9.59 Å². The van der Waals surface area contributed by atoms with Crippen molar-refractivity contribution in [1.82, 2.24) is 10.6 Å². The van der Waals surface area contributed by atoms with Crippen LogP contribution in [0.5, 0.6) is 0 Å². The van der Waals surface area contributed by atoms with Gasteiger partial charge in [-0.25, -0.2) is 4.79 Å². The van der Waals surface area contributed by atoms with E-state index in [0.717, 1.165) is 0 Å². The molecule has 0 aliphatic carbocycles. The van der Waals surface area contributed by atoms with Gasteiger partial charge in [0.15, 0.2) is 0 Å². The highest BCUT2D eigenvalue weighted by Gasteiger charge is 2.23. The average molecular weight is 294 g/mol. The summed E-state index contributed by atoms with van der Waals surface area (Å²) in [5.41, 5.74) is 0. The summed E-state index contributed by atoms with van der Waals surface area (Å²) >= 11 is 1.25. The Morgan fingerprint density at radius 3 is 2.65 bits per heavy atom. The monoisotopic (exact) mass is 294 g/mol. The van der Waals surface area contributed by atoms with Crippen LogP contribution >= 0.6 is 11.3 Å². The number of aliphatic carboxylic acids is 1. The zero-order chi connectivity index (χ0) is 15.1. The van der Waals surface area contributed by atoms with E-state index in [-0.39, 0.29) is 12.3 Å². The van der Waals surface area contributed by atoms with E-state index in [1.807, 2.05) is 0 Å². The molecule has 0 aliphatic heterocycles. The van der Waals surface area contributed by atoms with Crippen molar-refractivity contribution in [1.29, 1.82) is 0 Å². The number of hydrogen-bond acceptors (Lipinski definition) is 4. The van der Waals surface area contributed by atoms with Crippen LogP contribution in [0.3, 0.4) is 0 Å². The number of carbonyl (C=O) groups is 3. The molecular formula is C13H14N2O4S. The van der Waals surface area contributed by atoms with Gasteiger partial charge in [0.05, 0.1) is 4.88 Å². The van der Waals surface area contributed by atoms with E-state index in [1.54, 1.807) is 17.5 Å². The van der Waals surface area contributed by atoms with Gasteiger partial charge in [-0.15, -0.1) is 23.7 Å². The fourth-order valence-corrected chi connectivity index (χ4v) is 1.98. The lowest BCUT2D eigenvalue weighted by molar-refractivity contribution is -0.141. The lowest BCUT2D eigenvalue weighted by atomic mass is 10.2. The molecule has 7 heteroatoms. The zero-order valence-corrected chi connectivity index (χ0v) is 11.6. The zero-order valence-electron chi connectivity index (χ0n) is 10.8. The number of carboxylic acid groups (broad SMARTS) is 1. The Morgan fingerprint density at radius 1 is 1.45 bits per heavy atom. The van der Waals surface area contributed by atoms with Crippen LogP contribution in [0.2, 0.25) is 0 Å². The maximum absolute atomic E-state index is 11.8. The molecule has 2 amide bonds. The molecule has 106 valence electrons. The minimum absolute atomic E-state index is 0.118. The molecule has 2 unspecified atom stereocenters. The van der Waals surface area contributed by atoms with Gasteiger partial charge in [-0.1, -0.05) is 6.07 Å². The van der Waals surface area contributed by atoms with E-state index in [0.29, 0.717) is 4.88 Å². The van der Waals surface area contributed by atoms with Crippen molar-refractivity contribution in [2.24, 2.45) is 0 Å². The summed E-state index contributed by atoms with van der Waals surface area (Å²) in [7, 11) is 0. The summed E-state index contributed by atoms with van der Waals surface area (Å²) in [6.07, 6.45) is 4.91. The van der Waals surface area contributed by atoms with E-state index in [1.165, 1.54) is 18.3 Å². The molecule has 3 N–H and O–H groups in total. The topological polar surface area (TPSA) is 95.5 Å². The standard InChI is InChI=1S/C13H14N2O4S/c1-3-5-9(13(18)19)15-11(16)8(2)14-12(17)10-6-4-7-20-10/h1,4,6-9H,5H2,2H3,(H,14,17)(H,15,16)(H,18,19). The Hall–Kier alpha value is -2.33. The van der Waals surface area contributed by atoms with Crippen LogP contribution in [-0.2, 0) is 9.59 Å². The van der Waals surface area contributed by atoms with Crippen LogP contribution < -0.4 is 10.6 Å². The molecule has 0 spiro atoms. The molecule has 0 fully saturated rings. The van der Waals surface area contributed by atoms with Crippen LogP contribution in [0.15, 0.2) is 17.5 Å². The summed E-state index contributed by atoms with van der Waals surface area (Å²) in [6.45, 7) is 1.47. The van der Waals surface area contributed by atoms with E-state index in [4.69, 9.17) is 11.5 Å². The molecule has 0 radical (unpaired) electrons. The Bertz CT molecular complexity index is 533. The van der Waals surface area contributed by atoms with Gasteiger partial charge < -0.3 is 15.7 Å². The normalized spacial score (nSPS) is 12.8. The van der Waals surface area contributed by atoms with E-state index >= 15 is 0 Å². The van der Waals surface area contributed by atoms with Crippen molar-refractivity contribution in [2.45, 2.75) is 25.4 Å². The summed E-state index contributed by atoms with van der Waals surface area (Å²) in [6, 6.07) is 1.33. The van der Waals surface area contributed by atoms with Crippen molar-refractivity contribution < 1.29 is 19.5 Å². The lowest BCUT2D eigenvalue weighted by Crippen LogP contribution is -2.50. The maximum Gasteiger partial charge on any atom is 0.327 e. The highest BCUT2D eigenvalue weighted by Crippen LogP contribution is 2.08. The Morgan fingerprint density at radius 2 is 2.15 bits per heavy atom. The highest BCUT2D eigenvalue weighted by molar-refractivity contribution is 7.12. The van der Waals surface area contributed by atoms with Crippen molar-refractivity contribution in [3.8, 4) is 12.3 Å². The molecule has 0 aromatic carbocycles. The first-order valence-electron chi connectivity index (χ1n) is 5.76. The third-order valence-electron chi connectivity index (χ3n) is 2.42. The number of terminal acetylenes is 1. The number of nitrogens with one attached hydrogen (secondary N) is 2. The van der Waals surface area contributed by atoms with Gasteiger partial charge in [0, 0.05) is 6.42 Å². The maximum atomic E-state index is 11.8. The Balaban J connectivity index is 2.56. The molecule has 0 saturated heterocycles. The average Bonchev–Trinajstić information content (AvgIpc) is 2.91. The molecule has 1 heterocycles. The molecule has 1 rings (SSSR count). The lowest BCUT2D eigenvalue weighted by Gasteiger charge is -2.17. The number of rotatable bonds is 6. The van der Waals surface area contributed by atoms with E-state index in [2.05, 4.69) is 16.6 Å². The minimum atomic E-state index is -1.21. The van der Waals surface area contributed by atoms with Crippen molar-refractivity contribution in [3.63, 3.8) is 0 Å². The molecule has 0 aliphatic rings. The number of carboxylic acids is 1. The SMILES string of the molecule is C#CCC(NC(=O)C(C)NC(=O)c1cccs1)C(=O)O. The fraction of sp³-hybridized carbons (Fsp3) is 0.308. The Labute approximate surface area is 120 Å². The van der Waals surface area contributed by atoms with Crippen LogP contribution in [0.25, 0.3) is 0 Å². The van der Waals surface area contributed by atoms with Crippen LogP contribution in [-0.4, -0.2) is 35.0 Å². The number of hydrogen-bond donors (Lipinski definition) is 3. The Kier molecular flexibility index (Phi) is 5.74. The van der Waals surface area contributed by atoms with Crippen LogP contribution in [0, 0.1) is 12.3 Å². The third-order valence-corrected chi connectivity index (χ3v) is 3.29. The molecular weight excluding hydrogens is 280 g/mol. The molecule has 1 aromatic rings. The second-order valence-electron chi connectivity index (χ2n) is 3.98. The quantitative estimate of drug-likeness (QED) is 0.664. The smallest absolute Gasteiger partial charge is 0.327 e. The van der Waals surface area contributed by atoms with Gasteiger partial charge in [0.1, 0.15) is 12.1 Å². The van der Waals surface area contributed by atoms with Crippen molar-refractivity contribution in [2.75, 3.05) is 0 Å². The van der Waals surface area contributed by atoms with Gasteiger partial charge in [0.25, 0.3) is 5.91 Å². The largest absolute Gasteiger partial charge is 0.480 e. The predicted octanol–water partition coefficient (Wildman–Crippen LogP) is 0.459. The number of carbonyl (C=O) groups excluding carboxylic acids is 2. The number of amides is 2. The van der Waals surface area contributed by atoms with Gasteiger partial charge in [-0.2, -0.15) is 0 Å². The molecule has 0 saturated carbocycles.